The van der Waals surface area contributed by atoms with Gasteiger partial charge >= 0.3 is 0 Å². The summed E-state index contributed by atoms with van der Waals surface area (Å²) < 4.78 is 1.03. The number of nitrogens with two attached hydrogens (primary N) is 1. The van der Waals surface area contributed by atoms with Crippen LogP contribution < -0.4 is 11.1 Å². The van der Waals surface area contributed by atoms with Gasteiger partial charge in [0.15, 0.2) is 0 Å². The van der Waals surface area contributed by atoms with E-state index in [0.717, 1.165) is 4.68 Å². The third-order valence-corrected chi connectivity index (χ3v) is 4.14. The number of aromatic nitrogens is 4. The number of nitrogens with one attached hydrogen (secondary N) is 1. The van der Waals surface area contributed by atoms with Gasteiger partial charge in [-0.15, -0.1) is 5.10 Å². The lowest BCUT2D eigenvalue weighted by atomic mass is 10.1. The maximum atomic E-state index is 12.7. The Bertz CT molecular complexity index is 1160. The van der Waals surface area contributed by atoms with E-state index in [4.69, 9.17) is 5.73 Å². The molecular weight excluding hydrogens is 368 g/mol. The van der Waals surface area contributed by atoms with Gasteiger partial charge in [-0.2, -0.15) is 9.67 Å². The van der Waals surface area contributed by atoms with Gasteiger partial charge in [-0.05, 0) is 48.5 Å². The molecule has 4 aromatic rings. The summed E-state index contributed by atoms with van der Waals surface area (Å²) in [6.45, 7) is 0. The number of carbonyl (C=O) groups excluding carboxylic acids is 2. The van der Waals surface area contributed by atoms with Crippen molar-refractivity contribution in [2.24, 2.45) is 0 Å². The Morgan fingerprint density at radius 1 is 0.862 bits per heavy atom. The van der Waals surface area contributed by atoms with E-state index in [1.165, 1.54) is 0 Å². The standard InChI is InChI=1S/C21H16N6O2/c22-21-25-18(17-8-4-5-13-23-17)26-27(21)20(29)15-9-11-16(12-10-15)24-19(28)14-6-2-1-3-7-14/h1-13H,(H,24,28)(H2,22,25,26). The topological polar surface area (TPSA) is 116 Å². The predicted octanol–water partition coefficient (Wildman–Crippen LogP) is 2.86. The Morgan fingerprint density at radius 2 is 1.59 bits per heavy atom. The monoisotopic (exact) mass is 384 g/mol. The molecule has 4 rings (SSSR count). The predicted molar refractivity (Wildman–Crippen MR) is 108 cm³/mol. The SMILES string of the molecule is Nc1nc(-c2ccccn2)nn1C(=O)c1ccc(NC(=O)c2ccccc2)cc1. The molecule has 8 nitrogen and oxygen atoms in total. The molecule has 0 fully saturated rings. The van der Waals surface area contributed by atoms with E-state index < -0.39 is 5.91 Å². The summed E-state index contributed by atoms with van der Waals surface area (Å²) in [4.78, 5) is 33.2. The van der Waals surface area contributed by atoms with E-state index in [1.54, 1.807) is 72.9 Å². The van der Waals surface area contributed by atoms with Crippen molar-refractivity contribution in [3.8, 4) is 11.5 Å². The normalized spacial score (nSPS) is 10.5. The molecule has 0 spiro atoms. The number of hydrogen-bond donors (Lipinski definition) is 2. The molecule has 0 saturated carbocycles. The van der Waals surface area contributed by atoms with Crippen molar-refractivity contribution >= 4 is 23.5 Å². The lowest BCUT2D eigenvalue weighted by Crippen LogP contribution is -2.16. The smallest absolute Gasteiger partial charge is 0.281 e. The Labute approximate surface area is 166 Å². The number of nitrogen functional groups attached to an aromatic ring is 1. The van der Waals surface area contributed by atoms with Crippen LogP contribution in [0.3, 0.4) is 0 Å². The first-order valence-electron chi connectivity index (χ1n) is 8.77. The molecule has 8 heteroatoms. The number of benzene rings is 2. The summed E-state index contributed by atoms with van der Waals surface area (Å²) in [6, 6.07) is 20.6. The molecule has 0 atom stereocenters. The number of carbonyl (C=O) groups is 2. The zero-order chi connectivity index (χ0) is 20.2. The number of hydrogen-bond acceptors (Lipinski definition) is 6. The molecule has 0 aliphatic carbocycles. The van der Waals surface area contributed by atoms with Crippen LogP contribution in [0.2, 0.25) is 0 Å². The fourth-order valence-electron chi connectivity index (χ4n) is 2.69. The van der Waals surface area contributed by atoms with Gasteiger partial charge in [0.2, 0.25) is 11.8 Å². The van der Waals surface area contributed by atoms with Crippen LogP contribution >= 0.6 is 0 Å². The largest absolute Gasteiger partial charge is 0.368 e. The van der Waals surface area contributed by atoms with Crippen molar-refractivity contribution < 1.29 is 9.59 Å². The first kappa shape index (κ1) is 18.1. The van der Waals surface area contributed by atoms with Gasteiger partial charge in [-0.25, -0.2) is 0 Å². The summed E-state index contributed by atoms with van der Waals surface area (Å²) in [5, 5.41) is 6.95. The Hall–Kier alpha value is -4.33. The highest BCUT2D eigenvalue weighted by molar-refractivity contribution is 6.04. The van der Waals surface area contributed by atoms with Crippen molar-refractivity contribution in [3.63, 3.8) is 0 Å². The van der Waals surface area contributed by atoms with Crippen molar-refractivity contribution in [1.29, 1.82) is 0 Å². The molecule has 0 radical (unpaired) electrons. The highest BCUT2D eigenvalue weighted by Gasteiger charge is 2.17. The number of nitrogens with zero attached hydrogens (tertiary/aromatic N) is 4. The van der Waals surface area contributed by atoms with Crippen molar-refractivity contribution in [2.45, 2.75) is 0 Å². The molecule has 142 valence electrons. The van der Waals surface area contributed by atoms with Crippen LogP contribution in [0, 0.1) is 0 Å². The number of anilines is 2. The van der Waals surface area contributed by atoms with Gasteiger partial charge in [0.05, 0.1) is 0 Å². The molecule has 0 aliphatic rings. The number of rotatable bonds is 4. The molecule has 29 heavy (non-hydrogen) atoms. The second kappa shape index (κ2) is 7.73. The zero-order valence-corrected chi connectivity index (χ0v) is 15.2. The van der Waals surface area contributed by atoms with Gasteiger partial charge in [-0.1, -0.05) is 24.3 Å². The average molecular weight is 384 g/mol. The van der Waals surface area contributed by atoms with Gasteiger partial charge in [0.25, 0.3) is 11.8 Å². The summed E-state index contributed by atoms with van der Waals surface area (Å²) >= 11 is 0. The molecule has 0 unspecified atom stereocenters. The molecule has 2 aromatic carbocycles. The van der Waals surface area contributed by atoms with E-state index in [2.05, 4.69) is 20.4 Å². The van der Waals surface area contributed by atoms with Crippen LogP contribution in [0.1, 0.15) is 20.7 Å². The first-order valence-corrected chi connectivity index (χ1v) is 8.77. The Morgan fingerprint density at radius 3 is 2.28 bits per heavy atom. The zero-order valence-electron chi connectivity index (χ0n) is 15.2. The van der Waals surface area contributed by atoms with E-state index in [9.17, 15) is 9.59 Å². The maximum absolute atomic E-state index is 12.7. The van der Waals surface area contributed by atoms with Gasteiger partial charge in [0.1, 0.15) is 5.69 Å². The maximum Gasteiger partial charge on any atom is 0.281 e. The minimum Gasteiger partial charge on any atom is -0.368 e. The van der Waals surface area contributed by atoms with Crippen LogP contribution in [0.4, 0.5) is 11.6 Å². The van der Waals surface area contributed by atoms with Gasteiger partial charge < -0.3 is 11.1 Å². The molecule has 1 amide bonds. The fraction of sp³-hybridized carbons (Fsp3) is 0. The quantitative estimate of drug-likeness (QED) is 0.559. The Kier molecular flexibility index (Phi) is 4.81. The van der Waals surface area contributed by atoms with Crippen LogP contribution in [0.25, 0.3) is 11.5 Å². The van der Waals surface area contributed by atoms with Crippen LogP contribution in [-0.2, 0) is 0 Å². The second-order valence-corrected chi connectivity index (χ2v) is 6.12. The Balaban J connectivity index is 1.51. The van der Waals surface area contributed by atoms with Crippen LogP contribution in [0.15, 0.2) is 79.0 Å². The van der Waals surface area contributed by atoms with E-state index in [-0.39, 0.29) is 17.7 Å². The van der Waals surface area contributed by atoms with Gasteiger partial charge in [-0.3, -0.25) is 14.6 Å². The molecule has 2 aromatic heterocycles. The van der Waals surface area contributed by atoms with Crippen molar-refractivity contribution in [1.82, 2.24) is 19.7 Å². The lowest BCUT2D eigenvalue weighted by molar-refractivity contribution is 0.0947. The number of amides is 1. The van der Waals surface area contributed by atoms with Gasteiger partial charge in [0, 0.05) is 23.0 Å². The summed E-state index contributed by atoms with van der Waals surface area (Å²) in [5.74, 6) is -0.427. The second-order valence-electron chi connectivity index (χ2n) is 6.12. The highest BCUT2D eigenvalue weighted by atomic mass is 16.2. The third-order valence-electron chi connectivity index (χ3n) is 4.14. The van der Waals surface area contributed by atoms with Crippen molar-refractivity contribution in [2.75, 3.05) is 11.1 Å². The molecular formula is C21H16N6O2. The average Bonchev–Trinajstić information content (AvgIpc) is 3.16. The molecule has 0 saturated heterocycles. The highest BCUT2D eigenvalue weighted by Crippen LogP contribution is 2.16. The molecule has 3 N–H and O–H groups in total. The van der Waals surface area contributed by atoms with E-state index in [0.29, 0.717) is 22.5 Å². The lowest BCUT2D eigenvalue weighted by Gasteiger charge is -2.06. The molecule has 0 aliphatic heterocycles. The summed E-state index contributed by atoms with van der Waals surface area (Å²) in [5.41, 5.74) is 7.85. The van der Waals surface area contributed by atoms with Crippen LogP contribution in [0.5, 0.6) is 0 Å². The molecule has 2 heterocycles. The fourth-order valence-corrected chi connectivity index (χ4v) is 2.69. The number of pyridine rings is 1. The minimum absolute atomic E-state index is 0.0305. The third kappa shape index (κ3) is 3.86. The summed E-state index contributed by atoms with van der Waals surface area (Å²) in [7, 11) is 0. The minimum atomic E-state index is -0.432. The van der Waals surface area contributed by atoms with Crippen LogP contribution in [-0.4, -0.2) is 31.6 Å². The first-order chi connectivity index (χ1) is 14.1. The molecule has 0 bridgehead atoms. The van der Waals surface area contributed by atoms with E-state index in [1.807, 2.05) is 6.07 Å². The van der Waals surface area contributed by atoms with Crippen molar-refractivity contribution in [3.05, 3.63) is 90.1 Å². The summed E-state index contributed by atoms with van der Waals surface area (Å²) in [6.07, 6.45) is 1.61. The van der Waals surface area contributed by atoms with E-state index >= 15 is 0 Å².